The van der Waals surface area contributed by atoms with Crippen molar-refractivity contribution in [1.29, 1.82) is 0 Å². The van der Waals surface area contributed by atoms with Crippen LogP contribution < -0.4 is 15.5 Å². The number of H-pyrrole nitrogens is 2. The van der Waals surface area contributed by atoms with Gasteiger partial charge in [0.15, 0.2) is 0 Å². The molecular weight excluding hydrogens is 436 g/mol. The molecule has 5 aromatic rings. The van der Waals surface area contributed by atoms with E-state index in [9.17, 15) is 9.59 Å². The van der Waals surface area contributed by atoms with E-state index in [2.05, 4.69) is 30.6 Å². The molecule has 0 fully saturated rings. The van der Waals surface area contributed by atoms with Crippen LogP contribution >= 0.6 is 11.3 Å². The predicted molar refractivity (Wildman–Crippen MR) is 130 cm³/mol. The van der Waals surface area contributed by atoms with Crippen LogP contribution in [0.4, 0.5) is 17.2 Å². The Balaban J connectivity index is 1.32. The second-order valence-corrected chi connectivity index (χ2v) is 9.19. The maximum Gasteiger partial charge on any atom is 0.305 e. The van der Waals surface area contributed by atoms with Gasteiger partial charge in [-0.2, -0.15) is 0 Å². The molecule has 4 N–H and O–H groups in total. The summed E-state index contributed by atoms with van der Waals surface area (Å²) in [5, 5.41) is 7.33. The SMILES string of the molecule is O=C(Nc1ccccc1)C1CCc2[nH]c3ncnc(Nc4ccc5[nH]c(=O)sc5c4)c3c2C1. The second kappa shape index (κ2) is 7.86. The molecular formula is C24H20N6O2S. The Morgan fingerprint density at radius 2 is 1.94 bits per heavy atom. The second-order valence-electron chi connectivity index (χ2n) is 8.17. The third kappa shape index (κ3) is 3.66. The van der Waals surface area contributed by atoms with Gasteiger partial charge in [0.1, 0.15) is 17.8 Å². The normalized spacial score (nSPS) is 15.5. The maximum atomic E-state index is 12.9. The average Bonchev–Trinajstić information content (AvgIpc) is 3.38. The van der Waals surface area contributed by atoms with Crippen molar-refractivity contribution in [3.05, 3.63) is 75.8 Å². The number of para-hydroxylation sites is 1. The van der Waals surface area contributed by atoms with Gasteiger partial charge in [0.05, 0.1) is 15.6 Å². The van der Waals surface area contributed by atoms with E-state index in [-0.39, 0.29) is 16.7 Å². The van der Waals surface area contributed by atoms with E-state index in [0.717, 1.165) is 56.7 Å². The van der Waals surface area contributed by atoms with Crippen molar-refractivity contribution in [3.63, 3.8) is 0 Å². The van der Waals surface area contributed by atoms with E-state index >= 15 is 0 Å². The molecule has 3 aromatic heterocycles. The summed E-state index contributed by atoms with van der Waals surface area (Å²) in [5.41, 5.74) is 5.41. The standard InChI is InChI=1S/C24H20N6O2S/c31-23(28-14-4-2-1-3-5-14)13-6-8-17-16(10-13)20-21(25-12-26-22(20)29-17)27-15-7-9-18-19(11-15)33-24(32)30-18/h1-5,7,9,11-13H,6,8,10H2,(H,28,31)(H,30,32)(H2,25,26,27,29). The van der Waals surface area contributed by atoms with Crippen LogP contribution in [-0.4, -0.2) is 25.8 Å². The van der Waals surface area contributed by atoms with Crippen molar-refractivity contribution in [2.75, 3.05) is 10.6 Å². The zero-order valence-electron chi connectivity index (χ0n) is 17.5. The van der Waals surface area contributed by atoms with Gasteiger partial charge in [-0.1, -0.05) is 29.5 Å². The minimum atomic E-state index is -0.127. The van der Waals surface area contributed by atoms with Crippen molar-refractivity contribution in [2.24, 2.45) is 5.92 Å². The number of rotatable bonds is 4. The number of benzene rings is 2. The van der Waals surface area contributed by atoms with Crippen molar-refractivity contribution >= 4 is 55.7 Å². The molecule has 2 aromatic carbocycles. The first-order valence-electron chi connectivity index (χ1n) is 10.7. The Bertz CT molecular complexity index is 1550. The van der Waals surface area contributed by atoms with Crippen LogP contribution in [0.2, 0.25) is 0 Å². The molecule has 8 nitrogen and oxygen atoms in total. The van der Waals surface area contributed by atoms with Gasteiger partial charge in [0, 0.05) is 23.0 Å². The molecule has 0 aliphatic heterocycles. The smallest absolute Gasteiger partial charge is 0.305 e. The number of aromatic amines is 2. The first-order chi connectivity index (χ1) is 16.1. The minimum Gasteiger partial charge on any atom is -0.343 e. The van der Waals surface area contributed by atoms with Gasteiger partial charge in [-0.25, -0.2) is 9.97 Å². The van der Waals surface area contributed by atoms with Crippen molar-refractivity contribution in [1.82, 2.24) is 19.9 Å². The highest BCUT2D eigenvalue weighted by molar-refractivity contribution is 7.16. The van der Waals surface area contributed by atoms with Gasteiger partial charge in [-0.05, 0) is 55.2 Å². The fourth-order valence-electron chi connectivity index (χ4n) is 4.49. The maximum absolute atomic E-state index is 12.9. The average molecular weight is 457 g/mol. The van der Waals surface area contributed by atoms with Crippen LogP contribution in [0, 0.1) is 5.92 Å². The van der Waals surface area contributed by atoms with Crippen LogP contribution in [0.1, 0.15) is 17.7 Å². The largest absolute Gasteiger partial charge is 0.343 e. The Hall–Kier alpha value is -3.98. The number of hydrogen-bond donors (Lipinski definition) is 4. The molecule has 164 valence electrons. The quantitative estimate of drug-likeness (QED) is 0.321. The summed E-state index contributed by atoms with van der Waals surface area (Å²) in [4.78, 5) is 39.7. The Morgan fingerprint density at radius 3 is 2.82 bits per heavy atom. The summed E-state index contributed by atoms with van der Waals surface area (Å²) in [7, 11) is 0. The molecule has 3 heterocycles. The predicted octanol–water partition coefficient (Wildman–Crippen LogP) is 4.35. The summed E-state index contributed by atoms with van der Waals surface area (Å²) >= 11 is 1.17. The molecule has 0 radical (unpaired) electrons. The van der Waals surface area contributed by atoms with E-state index in [0.29, 0.717) is 12.2 Å². The van der Waals surface area contributed by atoms with E-state index in [1.807, 2.05) is 48.5 Å². The van der Waals surface area contributed by atoms with E-state index < -0.39 is 0 Å². The zero-order valence-corrected chi connectivity index (χ0v) is 18.3. The lowest BCUT2D eigenvalue weighted by Gasteiger charge is -2.22. The number of amides is 1. The molecule has 0 spiro atoms. The molecule has 9 heteroatoms. The fraction of sp³-hybridized carbons (Fsp3) is 0.167. The van der Waals surface area contributed by atoms with Gasteiger partial charge in [-0.15, -0.1) is 0 Å². The van der Waals surface area contributed by atoms with Crippen LogP contribution in [0.5, 0.6) is 0 Å². The lowest BCUT2D eigenvalue weighted by molar-refractivity contribution is -0.120. The summed E-state index contributed by atoms with van der Waals surface area (Å²) in [6.07, 6.45) is 3.70. The van der Waals surface area contributed by atoms with Crippen molar-refractivity contribution in [3.8, 4) is 0 Å². The first kappa shape index (κ1) is 19.7. The third-order valence-electron chi connectivity index (χ3n) is 6.07. The Kier molecular flexibility index (Phi) is 4.69. The number of anilines is 3. The highest BCUT2D eigenvalue weighted by Gasteiger charge is 2.29. The molecule has 1 aliphatic carbocycles. The topological polar surface area (TPSA) is 116 Å². The molecule has 33 heavy (non-hydrogen) atoms. The fourth-order valence-corrected chi connectivity index (χ4v) is 5.26. The zero-order chi connectivity index (χ0) is 22.4. The lowest BCUT2D eigenvalue weighted by atomic mass is 9.86. The molecule has 0 saturated carbocycles. The summed E-state index contributed by atoms with van der Waals surface area (Å²) in [5.74, 6) is 0.586. The molecule has 1 atom stereocenters. The lowest BCUT2D eigenvalue weighted by Crippen LogP contribution is -2.28. The number of nitrogens with one attached hydrogen (secondary N) is 4. The Labute approximate surface area is 192 Å². The molecule has 0 saturated heterocycles. The van der Waals surface area contributed by atoms with Gasteiger partial charge < -0.3 is 20.6 Å². The number of carbonyl (C=O) groups excluding carboxylic acids is 1. The van der Waals surface area contributed by atoms with Gasteiger partial charge in [-0.3, -0.25) is 9.59 Å². The van der Waals surface area contributed by atoms with Crippen LogP contribution in [0.25, 0.3) is 21.3 Å². The molecule has 1 aliphatic rings. The molecule has 6 rings (SSSR count). The molecule has 1 unspecified atom stereocenters. The van der Waals surface area contributed by atoms with E-state index in [1.165, 1.54) is 17.7 Å². The third-order valence-corrected chi connectivity index (χ3v) is 6.92. The van der Waals surface area contributed by atoms with Crippen LogP contribution in [-0.2, 0) is 17.6 Å². The number of aryl methyl sites for hydroxylation is 1. The highest BCUT2D eigenvalue weighted by Crippen LogP contribution is 2.35. The number of aromatic nitrogens is 4. The van der Waals surface area contributed by atoms with Crippen molar-refractivity contribution < 1.29 is 4.79 Å². The van der Waals surface area contributed by atoms with Gasteiger partial charge in [0.25, 0.3) is 0 Å². The summed E-state index contributed by atoms with van der Waals surface area (Å²) in [6, 6.07) is 15.3. The summed E-state index contributed by atoms with van der Waals surface area (Å²) < 4.78 is 0.879. The van der Waals surface area contributed by atoms with E-state index in [4.69, 9.17) is 0 Å². The summed E-state index contributed by atoms with van der Waals surface area (Å²) in [6.45, 7) is 0. The number of hydrogen-bond acceptors (Lipinski definition) is 6. The van der Waals surface area contributed by atoms with Gasteiger partial charge in [0.2, 0.25) is 5.91 Å². The molecule has 0 bridgehead atoms. The van der Waals surface area contributed by atoms with Crippen molar-refractivity contribution in [2.45, 2.75) is 19.3 Å². The van der Waals surface area contributed by atoms with E-state index in [1.54, 1.807) is 0 Å². The highest BCUT2D eigenvalue weighted by atomic mass is 32.1. The Morgan fingerprint density at radius 1 is 1.06 bits per heavy atom. The monoisotopic (exact) mass is 456 g/mol. The number of carbonyl (C=O) groups is 1. The number of nitrogens with zero attached hydrogens (tertiary/aromatic N) is 2. The first-order valence-corrected chi connectivity index (χ1v) is 11.6. The minimum absolute atomic E-state index is 0.0281. The number of thiazole rings is 1. The van der Waals surface area contributed by atoms with Crippen LogP contribution in [0.15, 0.2) is 59.7 Å². The molecule has 1 amide bonds. The van der Waals surface area contributed by atoms with Crippen LogP contribution in [0.3, 0.4) is 0 Å². The number of fused-ring (bicyclic) bond motifs is 4. The van der Waals surface area contributed by atoms with Gasteiger partial charge >= 0.3 is 4.87 Å².